The highest BCUT2D eigenvalue weighted by Crippen LogP contribution is 2.20. The number of aromatic nitrogens is 1. The average molecular weight is 390 g/mol. The van der Waals surface area contributed by atoms with Gasteiger partial charge in [0, 0.05) is 24.9 Å². The van der Waals surface area contributed by atoms with Gasteiger partial charge < -0.3 is 4.74 Å². The van der Waals surface area contributed by atoms with Gasteiger partial charge in [0.15, 0.2) is 0 Å². The summed E-state index contributed by atoms with van der Waals surface area (Å²) < 4.78 is 59.3. The van der Waals surface area contributed by atoms with Crippen molar-refractivity contribution in [2.24, 2.45) is 0 Å². The van der Waals surface area contributed by atoms with E-state index in [-0.39, 0.29) is 12.4 Å². The fraction of sp³-hybridized carbons (Fsp3) is 0.105. The quantitative estimate of drug-likeness (QED) is 0.692. The predicted molar refractivity (Wildman–Crippen MR) is 95.9 cm³/mol. The van der Waals surface area contributed by atoms with Gasteiger partial charge in [0.2, 0.25) is 15.9 Å². The lowest BCUT2D eigenvalue weighted by molar-refractivity contribution is 0.457. The minimum Gasteiger partial charge on any atom is -0.439 e. The van der Waals surface area contributed by atoms with E-state index in [4.69, 9.17) is 4.74 Å². The van der Waals surface area contributed by atoms with Gasteiger partial charge in [-0.3, -0.25) is 0 Å². The van der Waals surface area contributed by atoms with Crippen LogP contribution in [0.5, 0.6) is 11.6 Å². The molecule has 0 atom stereocenters. The molecule has 5 nitrogen and oxygen atoms in total. The first-order valence-electron chi connectivity index (χ1n) is 7.98. The molecule has 0 amide bonds. The molecule has 1 heterocycles. The zero-order valence-corrected chi connectivity index (χ0v) is 15.1. The Kier molecular flexibility index (Phi) is 5.48. The molecule has 0 saturated heterocycles. The summed E-state index contributed by atoms with van der Waals surface area (Å²) in [5.41, 5.74) is 1.19. The molecular formula is C19H16F2N2O3S. The third kappa shape index (κ3) is 4.87. The van der Waals surface area contributed by atoms with E-state index < -0.39 is 26.6 Å². The number of nitrogens with one attached hydrogen (secondary N) is 1. The van der Waals surface area contributed by atoms with Crippen molar-refractivity contribution in [2.75, 3.05) is 0 Å². The van der Waals surface area contributed by atoms with E-state index >= 15 is 0 Å². The molecule has 3 rings (SSSR count). The Balaban J connectivity index is 1.67. The normalized spacial score (nSPS) is 11.4. The smallest absolute Gasteiger partial charge is 0.243 e. The predicted octanol–water partition coefficient (Wildman–Crippen LogP) is 3.94. The Morgan fingerprint density at radius 1 is 1.07 bits per heavy atom. The first-order valence-corrected chi connectivity index (χ1v) is 9.46. The van der Waals surface area contributed by atoms with Gasteiger partial charge in [-0.05, 0) is 42.3 Å². The average Bonchev–Trinajstić information content (AvgIpc) is 2.63. The first kappa shape index (κ1) is 18.9. The summed E-state index contributed by atoms with van der Waals surface area (Å²) in [7, 11) is -4.00. The minimum absolute atomic E-state index is 0.0665. The van der Waals surface area contributed by atoms with E-state index in [9.17, 15) is 17.2 Å². The maximum Gasteiger partial charge on any atom is 0.243 e. The highest BCUT2D eigenvalue weighted by atomic mass is 32.2. The van der Waals surface area contributed by atoms with Crippen LogP contribution in [0.4, 0.5) is 8.78 Å². The molecular weight excluding hydrogens is 374 g/mol. The Morgan fingerprint density at radius 2 is 1.89 bits per heavy atom. The lowest BCUT2D eigenvalue weighted by Crippen LogP contribution is -2.24. The summed E-state index contributed by atoms with van der Waals surface area (Å²) in [5, 5.41) is 0. The number of nitrogens with zero attached hydrogens (tertiary/aromatic N) is 1. The van der Waals surface area contributed by atoms with Gasteiger partial charge in [-0.15, -0.1) is 0 Å². The molecule has 27 heavy (non-hydrogen) atoms. The molecule has 1 N–H and O–H groups in total. The van der Waals surface area contributed by atoms with Crippen LogP contribution in [0.25, 0.3) is 0 Å². The van der Waals surface area contributed by atoms with Crippen LogP contribution in [-0.2, 0) is 16.6 Å². The molecule has 0 aliphatic rings. The maximum atomic E-state index is 13.8. The fourth-order valence-electron chi connectivity index (χ4n) is 2.30. The third-order valence-corrected chi connectivity index (χ3v) is 5.07. The zero-order valence-electron chi connectivity index (χ0n) is 14.3. The maximum absolute atomic E-state index is 13.8. The van der Waals surface area contributed by atoms with Crippen LogP contribution in [0, 0.1) is 18.6 Å². The number of sulfonamides is 1. The number of hydrogen-bond donors (Lipinski definition) is 1. The molecule has 0 aliphatic heterocycles. The Hall–Kier alpha value is -2.84. The second-order valence-corrected chi connectivity index (χ2v) is 7.56. The van der Waals surface area contributed by atoms with Crippen LogP contribution in [0.3, 0.4) is 0 Å². The molecule has 2 aromatic carbocycles. The first-order chi connectivity index (χ1) is 12.8. The van der Waals surface area contributed by atoms with Crippen molar-refractivity contribution in [3.8, 4) is 11.6 Å². The van der Waals surface area contributed by atoms with Gasteiger partial charge in [-0.2, -0.15) is 0 Å². The number of ether oxygens (including phenoxy) is 1. The number of pyridine rings is 1. The van der Waals surface area contributed by atoms with Crippen molar-refractivity contribution in [2.45, 2.75) is 18.4 Å². The monoisotopic (exact) mass is 390 g/mol. The van der Waals surface area contributed by atoms with Crippen molar-refractivity contribution in [3.05, 3.63) is 83.6 Å². The molecule has 0 spiro atoms. The van der Waals surface area contributed by atoms with Gasteiger partial charge in [-0.1, -0.05) is 18.2 Å². The van der Waals surface area contributed by atoms with E-state index in [1.807, 2.05) is 0 Å². The van der Waals surface area contributed by atoms with Crippen LogP contribution in [0.15, 0.2) is 65.7 Å². The van der Waals surface area contributed by atoms with Crippen molar-refractivity contribution in [3.63, 3.8) is 0 Å². The molecule has 0 radical (unpaired) electrons. The van der Waals surface area contributed by atoms with E-state index in [2.05, 4.69) is 9.71 Å². The Labute approximate surface area is 155 Å². The van der Waals surface area contributed by atoms with Crippen LogP contribution in [0.2, 0.25) is 0 Å². The van der Waals surface area contributed by atoms with Crippen molar-refractivity contribution >= 4 is 10.0 Å². The SMILES string of the molecule is Cc1ccc(F)c(S(=O)(=O)NCc2ccc(Oc3cccc(F)c3)nc2)c1. The summed E-state index contributed by atoms with van der Waals surface area (Å²) in [6, 6.07) is 12.6. The second-order valence-electron chi connectivity index (χ2n) is 5.82. The highest BCUT2D eigenvalue weighted by Gasteiger charge is 2.18. The van der Waals surface area contributed by atoms with E-state index in [1.165, 1.54) is 42.6 Å². The van der Waals surface area contributed by atoms with Crippen molar-refractivity contribution < 1.29 is 21.9 Å². The molecule has 3 aromatic rings. The molecule has 1 aromatic heterocycles. The Bertz CT molecular complexity index is 1050. The molecule has 0 unspecified atom stereocenters. The molecule has 0 bridgehead atoms. The molecule has 140 valence electrons. The number of rotatable bonds is 6. The zero-order chi connectivity index (χ0) is 19.4. The van der Waals surface area contributed by atoms with E-state index in [0.717, 1.165) is 6.07 Å². The van der Waals surface area contributed by atoms with Gasteiger partial charge in [-0.25, -0.2) is 26.9 Å². The molecule has 8 heteroatoms. The van der Waals surface area contributed by atoms with Crippen LogP contribution >= 0.6 is 0 Å². The lowest BCUT2D eigenvalue weighted by Gasteiger charge is -2.09. The largest absolute Gasteiger partial charge is 0.439 e. The fourth-order valence-corrected chi connectivity index (χ4v) is 3.48. The number of hydrogen-bond acceptors (Lipinski definition) is 4. The molecule has 0 fully saturated rings. The Morgan fingerprint density at radius 3 is 2.59 bits per heavy atom. The number of benzene rings is 2. The second kappa shape index (κ2) is 7.81. The van der Waals surface area contributed by atoms with Crippen LogP contribution in [0.1, 0.15) is 11.1 Å². The van der Waals surface area contributed by atoms with E-state index in [0.29, 0.717) is 16.9 Å². The minimum atomic E-state index is -4.00. The van der Waals surface area contributed by atoms with E-state index in [1.54, 1.807) is 19.1 Å². The summed E-state index contributed by atoms with van der Waals surface area (Å²) in [4.78, 5) is 3.65. The summed E-state index contributed by atoms with van der Waals surface area (Å²) in [6.07, 6.45) is 1.42. The third-order valence-electron chi connectivity index (χ3n) is 3.66. The van der Waals surface area contributed by atoms with Crippen molar-refractivity contribution in [1.29, 1.82) is 0 Å². The summed E-state index contributed by atoms with van der Waals surface area (Å²) >= 11 is 0. The van der Waals surface area contributed by atoms with Crippen LogP contribution < -0.4 is 9.46 Å². The molecule has 0 saturated carbocycles. The standard InChI is InChI=1S/C19H16F2N2O3S/c1-13-5-7-17(21)18(9-13)27(24,25)23-12-14-6-8-19(22-11-14)26-16-4-2-3-15(20)10-16/h2-11,23H,12H2,1H3. The lowest BCUT2D eigenvalue weighted by atomic mass is 10.2. The van der Waals surface area contributed by atoms with Gasteiger partial charge >= 0.3 is 0 Å². The number of aryl methyl sites for hydroxylation is 1. The highest BCUT2D eigenvalue weighted by molar-refractivity contribution is 7.89. The number of halogens is 2. The van der Waals surface area contributed by atoms with Gasteiger partial charge in [0.1, 0.15) is 22.3 Å². The molecule has 0 aliphatic carbocycles. The van der Waals surface area contributed by atoms with Gasteiger partial charge in [0.25, 0.3) is 0 Å². The summed E-state index contributed by atoms with van der Waals surface area (Å²) in [5.74, 6) is -0.713. The topological polar surface area (TPSA) is 68.3 Å². The van der Waals surface area contributed by atoms with Crippen molar-refractivity contribution in [1.82, 2.24) is 9.71 Å². The van der Waals surface area contributed by atoms with Gasteiger partial charge in [0.05, 0.1) is 0 Å². The summed E-state index contributed by atoms with van der Waals surface area (Å²) in [6.45, 7) is 1.61. The van der Waals surface area contributed by atoms with Crippen LogP contribution in [-0.4, -0.2) is 13.4 Å².